The number of nitrogens with one attached hydrogen (secondary N) is 1. The standard InChI is InChI=1S/C33H35N5O7.C2HF3O2/c1-4-44-28-18-21(8-11-27(28)45-19(2)3)29(36-23-9-10-25-20(16-23)12-14-35-31(25)34)32(39)37-15-13-26(33(40)41)30(37)22-6-5-7-24(17-22)38(42)43;3-2(4,5)1(6)7/h5-12,14,16-19,26,29-30,36H,4,13,15H2,1-3H3,(H2,34,35)(H,40,41);(H,6,7). The van der Waals surface area contributed by atoms with E-state index in [1.807, 2.05) is 39.0 Å². The van der Waals surface area contributed by atoms with Gasteiger partial charge in [-0.1, -0.05) is 18.2 Å². The molecule has 3 atom stereocenters. The Balaban J connectivity index is 0.000000785. The number of hydrogen-bond acceptors (Lipinski definition) is 10. The zero-order chi connectivity index (χ0) is 38.3. The molecule has 0 aliphatic carbocycles. The van der Waals surface area contributed by atoms with E-state index in [2.05, 4.69) is 10.3 Å². The highest BCUT2D eigenvalue weighted by Gasteiger charge is 2.44. The van der Waals surface area contributed by atoms with E-state index in [9.17, 15) is 38.0 Å². The average Bonchev–Trinajstić information content (AvgIpc) is 3.54. The van der Waals surface area contributed by atoms with Crippen LogP contribution in [-0.2, 0) is 14.4 Å². The fraction of sp³-hybridized carbons (Fsp3) is 0.314. The Morgan fingerprint density at radius 1 is 1.08 bits per heavy atom. The van der Waals surface area contributed by atoms with Gasteiger partial charge in [0.1, 0.15) is 11.9 Å². The Hall–Kier alpha value is -6.13. The highest BCUT2D eigenvalue weighted by Crippen LogP contribution is 2.42. The predicted octanol–water partition coefficient (Wildman–Crippen LogP) is 6.37. The first-order valence-corrected chi connectivity index (χ1v) is 15.9. The second-order valence-corrected chi connectivity index (χ2v) is 11.9. The van der Waals surface area contributed by atoms with Crippen molar-refractivity contribution in [1.82, 2.24) is 9.88 Å². The first kappa shape index (κ1) is 38.7. The van der Waals surface area contributed by atoms with Gasteiger partial charge in [-0.25, -0.2) is 9.78 Å². The number of aromatic nitrogens is 1. The van der Waals surface area contributed by atoms with E-state index in [1.165, 1.54) is 23.1 Å². The molecule has 1 amide bonds. The van der Waals surface area contributed by atoms with Crippen molar-refractivity contribution >= 4 is 45.8 Å². The minimum atomic E-state index is -5.08. The van der Waals surface area contributed by atoms with Gasteiger partial charge in [-0.2, -0.15) is 13.2 Å². The number of carboxylic acid groups (broad SMARTS) is 2. The summed E-state index contributed by atoms with van der Waals surface area (Å²) < 4.78 is 43.6. The Bertz CT molecular complexity index is 1960. The second kappa shape index (κ2) is 16.3. The number of amides is 1. The van der Waals surface area contributed by atoms with Gasteiger partial charge in [0.2, 0.25) is 5.91 Å². The van der Waals surface area contributed by atoms with Crippen molar-refractivity contribution < 1.29 is 52.2 Å². The van der Waals surface area contributed by atoms with E-state index in [0.717, 1.165) is 10.8 Å². The Kier molecular flexibility index (Phi) is 12.1. The highest BCUT2D eigenvalue weighted by atomic mass is 19.4. The number of carboxylic acids is 2. The van der Waals surface area contributed by atoms with Gasteiger partial charge in [0.25, 0.3) is 5.69 Å². The lowest BCUT2D eigenvalue weighted by Gasteiger charge is -2.32. The number of pyridine rings is 1. The number of carbonyl (C=O) groups excluding carboxylic acids is 1. The number of nitrogens with zero attached hydrogens (tertiary/aromatic N) is 3. The summed E-state index contributed by atoms with van der Waals surface area (Å²) in [6.07, 6.45) is -3.40. The number of likely N-dealkylation sites (tertiary alicyclic amines) is 1. The van der Waals surface area contributed by atoms with Gasteiger partial charge in [-0.05, 0) is 80.1 Å². The first-order chi connectivity index (χ1) is 24.5. The molecule has 1 aliphatic rings. The number of ether oxygens (including phenoxy) is 2. The van der Waals surface area contributed by atoms with Gasteiger partial charge in [0.05, 0.1) is 29.6 Å². The van der Waals surface area contributed by atoms with Crippen molar-refractivity contribution in [3.8, 4) is 11.5 Å². The van der Waals surface area contributed by atoms with Gasteiger partial charge in [0.15, 0.2) is 11.5 Å². The molecule has 52 heavy (non-hydrogen) atoms. The number of benzene rings is 3. The van der Waals surface area contributed by atoms with E-state index in [1.54, 1.807) is 36.5 Å². The summed E-state index contributed by atoms with van der Waals surface area (Å²) in [5.41, 5.74) is 7.43. The maximum atomic E-state index is 14.6. The van der Waals surface area contributed by atoms with Crippen LogP contribution in [0, 0.1) is 16.0 Å². The van der Waals surface area contributed by atoms with Gasteiger partial charge in [0, 0.05) is 35.9 Å². The number of fused-ring (bicyclic) bond motifs is 1. The summed E-state index contributed by atoms with van der Waals surface area (Å²) in [6.45, 7) is 6.17. The summed E-state index contributed by atoms with van der Waals surface area (Å²) in [5.74, 6) is -3.82. The minimum absolute atomic E-state index is 0.113. The summed E-state index contributed by atoms with van der Waals surface area (Å²) in [5, 5.41) is 33.7. The van der Waals surface area contributed by atoms with E-state index < -0.39 is 46.9 Å². The number of nitro benzene ring substituents is 1. The van der Waals surface area contributed by atoms with Crippen LogP contribution in [0.5, 0.6) is 11.5 Å². The van der Waals surface area contributed by atoms with Crippen LogP contribution in [0.2, 0.25) is 0 Å². The fourth-order valence-electron chi connectivity index (χ4n) is 5.77. The summed E-state index contributed by atoms with van der Waals surface area (Å²) in [4.78, 5) is 52.5. The van der Waals surface area contributed by atoms with E-state index in [4.69, 9.17) is 25.1 Å². The first-order valence-electron chi connectivity index (χ1n) is 15.9. The number of halogens is 3. The van der Waals surface area contributed by atoms with Crippen LogP contribution in [0.3, 0.4) is 0 Å². The van der Waals surface area contributed by atoms with Crippen molar-refractivity contribution in [2.75, 3.05) is 24.2 Å². The number of carbonyl (C=O) groups is 3. The highest BCUT2D eigenvalue weighted by molar-refractivity contribution is 5.94. The Labute approximate surface area is 295 Å². The lowest BCUT2D eigenvalue weighted by Crippen LogP contribution is -2.39. The number of anilines is 2. The van der Waals surface area contributed by atoms with Gasteiger partial charge < -0.3 is 35.6 Å². The number of nitrogen functional groups attached to an aromatic ring is 1. The molecule has 1 fully saturated rings. The maximum absolute atomic E-state index is 14.6. The average molecular weight is 728 g/mol. The molecule has 0 spiro atoms. The molecular formula is C35H36F3N5O9. The van der Waals surface area contributed by atoms with Crippen LogP contribution in [-0.4, -0.2) is 68.3 Å². The molecule has 0 radical (unpaired) electrons. The van der Waals surface area contributed by atoms with Gasteiger partial charge in [-0.15, -0.1) is 0 Å². The molecule has 1 aromatic heterocycles. The third-order valence-corrected chi connectivity index (χ3v) is 7.98. The number of rotatable bonds is 11. The largest absolute Gasteiger partial charge is 0.490 e. The fourth-order valence-corrected chi connectivity index (χ4v) is 5.77. The molecule has 276 valence electrons. The molecule has 17 heteroatoms. The number of hydrogen-bond donors (Lipinski definition) is 4. The molecule has 5 N–H and O–H groups in total. The molecule has 1 saturated heterocycles. The minimum Gasteiger partial charge on any atom is -0.490 e. The lowest BCUT2D eigenvalue weighted by molar-refractivity contribution is -0.385. The van der Waals surface area contributed by atoms with Crippen molar-refractivity contribution in [2.45, 2.75) is 51.6 Å². The van der Waals surface area contributed by atoms with Gasteiger partial charge >= 0.3 is 18.1 Å². The second-order valence-electron chi connectivity index (χ2n) is 11.9. The molecule has 14 nitrogen and oxygen atoms in total. The molecule has 1 aliphatic heterocycles. The molecular weight excluding hydrogens is 691 g/mol. The smallest absolute Gasteiger partial charge is 0.490 e. The topological polar surface area (TPSA) is 207 Å². The monoisotopic (exact) mass is 727 g/mol. The maximum Gasteiger partial charge on any atom is 0.490 e. The summed E-state index contributed by atoms with van der Waals surface area (Å²) in [7, 11) is 0. The van der Waals surface area contributed by atoms with E-state index in [0.29, 0.717) is 40.7 Å². The summed E-state index contributed by atoms with van der Waals surface area (Å²) >= 11 is 0. The van der Waals surface area contributed by atoms with E-state index >= 15 is 0 Å². The zero-order valence-corrected chi connectivity index (χ0v) is 28.2. The quantitative estimate of drug-likeness (QED) is 0.0982. The van der Waals surface area contributed by atoms with Crippen molar-refractivity contribution in [2.24, 2.45) is 5.92 Å². The number of nitro groups is 1. The van der Waals surface area contributed by atoms with Crippen LogP contribution >= 0.6 is 0 Å². The van der Waals surface area contributed by atoms with Crippen molar-refractivity contribution in [3.63, 3.8) is 0 Å². The van der Waals surface area contributed by atoms with E-state index in [-0.39, 0.29) is 24.8 Å². The molecule has 0 saturated carbocycles. The van der Waals surface area contributed by atoms with Crippen molar-refractivity contribution in [3.05, 3.63) is 94.2 Å². The van der Waals surface area contributed by atoms with Crippen LogP contribution in [0.15, 0.2) is 72.9 Å². The predicted molar refractivity (Wildman–Crippen MR) is 183 cm³/mol. The van der Waals surface area contributed by atoms with Crippen LogP contribution in [0.4, 0.5) is 30.4 Å². The number of aliphatic carboxylic acids is 2. The third kappa shape index (κ3) is 9.15. The zero-order valence-electron chi connectivity index (χ0n) is 28.2. The van der Waals surface area contributed by atoms with Crippen LogP contribution < -0.4 is 20.5 Å². The lowest BCUT2D eigenvalue weighted by atomic mass is 9.93. The van der Waals surface area contributed by atoms with Crippen LogP contribution in [0.25, 0.3) is 10.8 Å². The summed E-state index contributed by atoms with van der Waals surface area (Å²) in [6, 6.07) is 16.4. The van der Waals surface area contributed by atoms with Crippen molar-refractivity contribution in [1.29, 1.82) is 0 Å². The number of alkyl halides is 3. The molecule has 3 unspecified atom stereocenters. The normalized spacial score (nSPS) is 16.1. The molecule has 0 bridgehead atoms. The molecule has 4 aromatic rings. The SMILES string of the molecule is CCOc1cc(C(Nc2ccc3c(N)nccc3c2)C(=O)N2CCC(C(=O)O)C2c2cccc([N+](=O)[O-])c2)ccc1OC(C)C.O=C(O)C(F)(F)F. The number of non-ortho nitro benzene ring substituents is 1. The third-order valence-electron chi connectivity index (χ3n) is 7.98. The Morgan fingerprint density at radius 3 is 2.40 bits per heavy atom. The molecule has 5 rings (SSSR count). The Morgan fingerprint density at radius 2 is 1.79 bits per heavy atom. The number of nitrogens with two attached hydrogens (primary N) is 1. The van der Waals surface area contributed by atoms with Gasteiger partial charge in [-0.3, -0.25) is 19.7 Å². The molecule has 3 aromatic carbocycles. The molecule has 2 heterocycles. The van der Waals surface area contributed by atoms with Crippen LogP contribution in [0.1, 0.15) is 50.4 Å².